The molecule has 4 rings (SSSR count). The molecule has 3 aliphatic heterocycles. The van der Waals surface area contributed by atoms with Crippen molar-refractivity contribution in [1.82, 2.24) is 5.32 Å². The molecule has 1 saturated heterocycles. The summed E-state index contributed by atoms with van der Waals surface area (Å²) in [5.74, 6) is 2.29. The van der Waals surface area contributed by atoms with Crippen molar-refractivity contribution in [2.24, 2.45) is 0 Å². The van der Waals surface area contributed by atoms with Gasteiger partial charge in [0, 0.05) is 35.6 Å². The lowest BCUT2D eigenvalue weighted by Crippen LogP contribution is -2.24. The first-order valence-corrected chi connectivity index (χ1v) is 7.08. The quantitative estimate of drug-likeness (QED) is 0.862. The minimum Gasteiger partial charge on any atom is -0.493 e. The Bertz CT molecular complexity index is 446. The molecule has 1 aromatic carbocycles. The van der Waals surface area contributed by atoms with E-state index >= 15 is 0 Å². The third-order valence-electron chi connectivity index (χ3n) is 4.37. The Morgan fingerprint density at radius 3 is 3.06 bits per heavy atom. The molecule has 1 unspecified atom stereocenters. The first-order valence-electron chi connectivity index (χ1n) is 7.08. The summed E-state index contributed by atoms with van der Waals surface area (Å²) in [5.41, 5.74) is 4.19. The van der Waals surface area contributed by atoms with Crippen molar-refractivity contribution in [1.29, 1.82) is 0 Å². The Labute approximate surface area is 107 Å². The van der Waals surface area contributed by atoms with E-state index in [1.54, 1.807) is 0 Å². The Kier molecular flexibility index (Phi) is 2.47. The number of nitrogens with one attached hydrogen (secondary N) is 1. The molecule has 18 heavy (non-hydrogen) atoms. The van der Waals surface area contributed by atoms with E-state index in [0.717, 1.165) is 38.2 Å². The van der Waals surface area contributed by atoms with Crippen LogP contribution < -0.4 is 14.8 Å². The molecule has 3 aliphatic rings. The van der Waals surface area contributed by atoms with Crippen molar-refractivity contribution in [3.8, 4) is 11.5 Å². The lowest BCUT2D eigenvalue weighted by molar-refractivity contribution is 0.351. The molecule has 1 fully saturated rings. The van der Waals surface area contributed by atoms with Gasteiger partial charge < -0.3 is 14.8 Å². The van der Waals surface area contributed by atoms with E-state index in [4.69, 9.17) is 9.47 Å². The van der Waals surface area contributed by atoms with Crippen molar-refractivity contribution in [2.45, 2.75) is 38.1 Å². The fourth-order valence-corrected chi connectivity index (χ4v) is 3.48. The molecule has 0 bridgehead atoms. The second-order valence-corrected chi connectivity index (χ2v) is 5.51. The van der Waals surface area contributed by atoms with Gasteiger partial charge in [-0.15, -0.1) is 0 Å². The fourth-order valence-electron chi connectivity index (χ4n) is 3.48. The van der Waals surface area contributed by atoms with Crippen LogP contribution in [0.5, 0.6) is 11.5 Å². The monoisotopic (exact) mass is 245 g/mol. The van der Waals surface area contributed by atoms with Crippen LogP contribution in [0.25, 0.3) is 0 Å². The molecule has 96 valence electrons. The Morgan fingerprint density at radius 2 is 2.17 bits per heavy atom. The van der Waals surface area contributed by atoms with E-state index in [0.29, 0.717) is 6.04 Å². The molecule has 3 heterocycles. The number of fused-ring (bicyclic) bond motifs is 2. The summed E-state index contributed by atoms with van der Waals surface area (Å²) in [7, 11) is 0. The van der Waals surface area contributed by atoms with Crippen LogP contribution in [0, 0.1) is 0 Å². The highest BCUT2D eigenvalue weighted by Crippen LogP contribution is 2.41. The summed E-state index contributed by atoms with van der Waals surface area (Å²) in [6.45, 7) is 2.84. The fraction of sp³-hybridized carbons (Fsp3) is 0.600. The Balaban J connectivity index is 1.75. The van der Waals surface area contributed by atoms with Crippen molar-refractivity contribution >= 4 is 0 Å². The third-order valence-corrected chi connectivity index (χ3v) is 4.37. The predicted molar refractivity (Wildman–Crippen MR) is 69.6 cm³/mol. The van der Waals surface area contributed by atoms with Gasteiger partial charge in [0.15, 0.2) is 0 Å². The summed E-state index contributed by atoms with van der Waals surface area (Å²) in [5, 5.41) is 3.59. The lowest BCUT2D eigenvalue weighted by atomic mass is 9.94. The van der Waals surface area contributed by atoms with Gasteiger partial charge in [-0.2, -0.15) is 0 Å². The molecule has 1 N–H and O–H groups in total. The normalized spacial score (nSPS) is 24.6. The largest absolute Gasteiger partial charge is 0.493 e. The van der Waals surface area contributed by atoms with Crippen LogP contribution in [0.3, 0.4) is 0 Å². The van der Waals surface area contributed by atoms with Gasteiger partial charge in [-0.05, 0) is 31.9 Å². The average Bonchev–Trinajstić information content (AvgIpc) is 3.08. The van der Waals surface area contributed by atoms with Gasteiger partial charge in [0.1, 0.15) is 11.5 Å². The van der Waals surface area contributed by atoms with Gasteiger partial charge in [0.05, 0.1) is 13.2 Å². The van der Waals surface area contributed by atoms with Crippen LogP contribution in [-0.2, 0) is 19.3 Å². The lowest BCUT2D eigenvalue weighted by Gasteiger charge is -2.16. The van der Waals surface area contributed by atoms with Gasteiger partial charge in [0.25, 0.3) is 0 Å². The van der Waals surface area contributed by atoms with Gasteiger partial charge in [0.2, 0.25) is 0 Å². The second kappa shape index (κ2) is 4.16. The van der Waals surface area contributed by atoms with Crippen LogP contribution in [0.2, 0.25) is 0 Å². The number of benzene rings is 1. The molecule has 3 nitrogen and oxygen atoms in total. The zero-order valence-corrected chi connectivity index (χ0v) is 10.6. The number of rotatable bonds is 2. The predicted octanol–water partition coefficient (Wildman–Crippen LogP) is 1.85. The Hall–Kier alpha value is -1.22. The van der Waals surface area contributed by atoms with Crippen LogP contribution in [0.15, 0.2) is 6.07 Å². The van der Waals surface area contributed by atoms with Crippen molar-refractivity contribution < 1.29 is 9.47 Å². The van der Waals surface area contributed by atoms with Crippen molar-refractivity contribution in [2.75, 3.05) is 19.8 Å². The third kappa shape index (κ3) is 1.61. The maximum atomic E-state index is 5.88. The molecule has 0 aliphatic carbocycles. The number of hydrogen-bond donors (Lipinski definition) is 1. The molecule has 1 atom stereocenters. The van der Waals surface area contributed by atoms with Crippen LogP contribution >= 0.6 is 0 Å². The van der Waals surface area contributed by atoms with Gasteiger partial charge in [-0.25, -0.2) is 0 Å². The molecule has 1 aromatic rings. The minimum atomic E-state index is 0.630. The van der Waals surface area contributed by atoms with Gasteiger partial charge in [-0.1, -0.05) is 0 Å². The maximum Gasteiger partial charge on any atom is 0.126 e. The van der Waals surface area contributed by atoms with Crippen LogP contribution in [0.4, 0.5) is 0 Å². The van der Waals surface area contributed by atoms with Crippen molar-refractivity contribution in [3.05, 3.63) is 22.8 Å². The van der Waals surface area contributed by atoms with E-state index in [-0.39, 0.29) is 0 Å². The zero-order chi connectivity index (χ0) is 11.9. The first kappa shape index (κ1) is 10.7. The van der Waals surface area contributed by atoms with Crippen molar-refractivity contribution in [3.63, 3.8) is 0 Å². The molecule has 0 spiro atoms. The summed E-state index contributed by atoms with van der Waals surface area (Å²) in [4.78, 5) is 0. The second-order valence-electron chi connectivity index (χ2n) is 5.51. The highest BCUT2D eigenvalue weighted by atomic mass is 16.5. The minimum absolute atomic E-state index is 0.630. The van der Waals surface area contributed by atoms with Crippen LogP contribution in [-0.4, -0.2) is 25.8 Å². The molecule has 0 radical (unpaired) electrons. The van der Waals surface area contributed by atoms with Gasteiger partial charge in [-0.3, -0.25) is 0 Å². The summed E-state index contributed by atoms with van der Waals surface area (Å²) in [6.07, 6.45) is 5.79. The molecule has 0 amide bonds. The molecular formula is C15H19NO2. The first-order chi connectivity index (χ1) is 8.92. The highest BCUT2D eigenvalue weighted by Gasteiger charge is 2.28. The molecule has 0 aromatic heterocycles. The average molecular weight is 245 g/mol. The maximum absolute atomic E-state index is 5.88. The standard InChI is InChI=1S/C15H19NO2/c1-2-11(16-5-1)9-13-12-4-7-17-14(12)8-10-3-6-18-15(10)13/h8,11,16H,1-7,9H2. The smallest absolute Gasteiger partial charge is 0.126 e. The summed E-state index contributed by atoms with van der Waals surface area (Å²) in [6, 6.07) is 2.83. The van der Waals surface area contributed by atoms with E-state index < -0.39 is 0 Å². The summed E-state index contributed by atoms with van der Waals surface area (Å²) < 4.78 is 11.6. The van der Waals surface area contributed by atoms with Crippen LogP contribution in [0.1, 0.15) is 29.5 Å². The molecule has 0 saturated carbocycles. The molecular weight excluding hydrogens is 226 g/mol. The van der Waals surface area contributed by atoms with Gasteiger partial charge >= 0.3 is 0 Å². The highest BCUT2D eigenvalue weighted by molar-refractivity contribution is 5.56. The number of ether oxygens (including phenoxy) is 2. The molecule has 3 heteroatoms. The number of hydrogen-bond acceptors (Lipinski definition) is 3. The van der Waals surface area contributed by atoms with E-state index in [1.165, 1.54) is 41.8 Å². The van der Waals surface area contributed by atoms with E-state index in [9.17, 15) is 0 Å². The van der Waals surface area contributed by atoms with E-state index in [2.05, 4.69) is 11.4 Å². The SMILES string of the molecule is c1c2c(c(CC3CCCN3)c3c1OCC3)OCC2. The zero-order valence-electron chi connectivity index (χ0n) is 10.6. The topological polar surface area (TPSA) is 30.5 Å². The Morgan fingerprint density at radius 1 is 1.22 bits per heavy atom. The summed E-state index contributed by atoms with van der Waals surface area (Å²) >= 11 is 0. The van der Waals surface area contributed by atoms with E-state index in [1.807, 2.05) is 0 Å².